The van der Waals surface area contributed by atoms with Crippen LogP contribution in [0.25, 0.3) is 0 Å². The van der Waals surface area contributed by atoms with Crippen molar-refractivity contribution < 1.29 is 18.3 Å². The van der Waals surface area contributed by atoms with Crippen molar-refractivity contribution in [2.24, 2.45) is 0 Å². The monoisotopic (exact) mass is 213 g/mol. The predicted octanol–water partition coefficient (Wildman–Crippen LogP) is 0.307. The first-order valence-electron chi connectivity index (χ1n) is 3.32. The minimum absolute atomic E-state index is 0.0127. The van der Waals surface area contributed by atoms with E-state index in [0.717, 1.165) is 4.90 Å². The highest BCUT2D eigenvalue weighted by Gasteiger charge is 2.33. The van der Waals surface area contributed by atoms with Crippen LogP contribution in [0.4, 0.5) is 4.79 Å². The van der Waals surface area contributed by atoms with E-state index in [1.807, 2.05) is 0 Å². The SMILES string of the molecule is O=C(O)N1CCC(S(=O)(=O)Cl)C1. The summed E-state index contributed by atoms with van der Waals surface area (Å²) in [5.41, 5.74) is 0. The summed E-state index contributed by atoms with van der Waals surface area (Å²) >= 11 is 0. The maximum atomic E-state index is 10.7. The van der Waals surface area contributed by atoms with Crippen molar-refractivity contribution in [1.29, 1.82) is 0 Å². The molecule has 1 amide bonds. The Hall–Kier alpha value is -0.490. The van der Waals surface area contributed by atoms with Crippen LogP contribution in [0.15, 0.2) is 0 Å². The zero-order valence-electron chi connectivity index (χ0n) is 6.10. The van der Waals surface area contributed by atoms with Crippen LogP contribution in [-0.2, 0) is 9.05 Å². The van der Waals surface area contributed by atoms with Crippen molar-refractivity contribution in [1.82, 2.24) is 4.90 Å². The quantitative estimate of drug-likeness (QED) is 0.636. The van der Waals surface area contributed by atoms with Crippen LogP contribution in [0, 0.1) is 0 Å². The van der Waals surface area contributed by atoms with Crippen LogP contribution < -0.4 is 0 Å². The van der Waals surface area contributed by atoms with Crippen molar-refractivity contribution in [3.63, 3.8) is 0 Å². The van der Waals surface area contributed by atoms with Crippen LogP contribution in [-0.4, -0.2) is 42.9 Å². The number of halogens is 1. The van der Waals surface area contributed by atoms with E-state index in [1.165, 1.54) is 0 Å². The molecule has 0 radical (unpaired) electrons. The normalized spacial score (nSPS) is 24.4. The van der Waals surface area contributed by atoms with Gasteiger partial charge in [-0.1, -0.05) is 0 Å². The first kappa shape index (κ1) is 9.60. The molecule has 0 aromatic heterocycles. The lowest BCUT2D eigenvalue weighted by atomic mass is 10.4. The summed E-state index contributed by atoms with van der Waals surface area (Å²) in [5, 5.41) is 7.74. The molecule has 0 bridgehead atoms. The van der Waals surface area contributed by atoms with E-state index in [9.17, 15) is 13.2 Å². The van der Waals surface area contributed by atoms with Gasteiger partial charge in [0, 0.05) is 23.8 Å². The summed E-state index contributed by atoms with van der Waals surface area (Å²) in [6.07, 6.45) is -0.809. The van der Waals surface area contributed by atoms with Crippen LogP contribution >= 0.6 is 10.7 Å². The average molecular weight is 214 g/mol. The van der Waals surface area contributed by atoms with Gasteiger partial charge < -0.3 is 10.0 Å². The molecule has 7 heteroatoms. The maximum Gasteiger partial charge on any atom is 0.407 e. The first-order valence-corrected chi connectivity index (χ1v) is 5.70. The molecule has 1 aliphatic heterocycles. The Morgan fingerprint density at radius 3 is 2.42 bits per heavy atom. The lowest BCUT2D eigenvalue weighted by molar-refractivity contribution is 0.156. The highest BCUT2D eigenvalue weighted by Crippen LogP contribution is 2.19. The molecule has 0 aliphatic carbocycles. The second-order valence-electron chi connectivity index (χ2n) is 2.61. The van der Waals surface area contributed by atoms with Gasteiger partial charge in [-0.25, -0.2) is 13.2 Å². The Kier molecular flexibility index (Phi) is 2.48. The lowest BCUT2D eigenvalue weighted by Gasteiger charge is -2.09. The van der Waals surface area contributed by atoms with Gasteiger partial charge >= 0.3 is 6.09 Å². The smallest absolute Gasteiger partial charge is 0.407 e. The van der Waals surface area contributed by atoms with E-state index in [0.29, 0.717) is 0 Å². The Bertz CT molecular complexity index is 288. The van der Waals surface area contributed by atoms with E-state index in [4.69, 9.17) is 15.8 Å². The zero-order valence-corrected chi connectivity index (χ0v) is 7.68. The molecule has 1 atom stereocenters. The molecule has 1 N–H and O–H groups in total. The lowest BCUT2D eigenvalue weighted by Crippen LogP contribution is -2.29. The standard InChI is InChI=1S/C5H8ClNO4S/c6-12(10,11)4-1-2-7(3-4)5(8)9/h4H,1-3H2,(H,8,9). The molecule has 1 rings (SSSR count). The van der Waals surface area contributed by atoms with Gasteiger partial charge in [0.25, 0.3) is 0 Å². The van der Waals surface area contributed by atoms with Crippen molar-refractivity contribution in [3.8, 4) is 0 Å². The highest BCUT2D eigenvalue weighted by molar-refractivity contribution is 8.14. The number of rotatable bonds is 1. The fourth-order valence-corrected chi connectivity index (χ4v) is 2.31. The third kappa shape index (κ3) is 2.01. The molecule has 1 unspecified atom stereocenters. The molecule has 0 aromatic carbocycles. The van der Waals surface area contributed by atoms with Crippen molar-refractivity contribution in [3.05, 3.63) is 0 Å². The fourth-order valence-electron chi connectivity index (χ4n) is 1.13. The maximum absolute atomic E-state index is 10.7. The van der Waals surface area contributed by atoms with Gasteiger partial charge in [0.05, 0.1) is 5.25 Å². The molecule has 0 saturated carbocycles. The Labute approximate surface area is 74.3 Å². The summed E-state index contributed by atoms with van der Waals surface area (Å²) in [6.45, 7) is 0.229. The minimum atomic E-state index is -3.60. The van der Waals surface area contributed by atoms with Crippen LogP contribution in [0.1, 0.15) is 6.42 Å². The summed E-state index contributed by atoms with van der Waals surface area (Å²) in [7, 11) is 1.46. The Morgan fingerprint density at radius 1 is 1.58 bits per heavy atom. The average Bonchev–Trinajstić information content (AvgIpc) is 2.30. The Morgan fingerprint density at radius 2 is 2.17 bits per heavy atom. The molecule has 1 fully saturated rings. The minimum Gasteiger partial charge on any atom is -0.465 e. The second-order valence-corrected chi connectivity index (χ2v) is 5.52. The fraction of sp³-hybridized carbons (Fsp3) is 0.800. The van der Waals surface area contributed by atoms with Crippen molar-refractivity contribution >= 4 is 25.8 Å². The van der Waals surface area contributed by atoms with Gasteiger partial charge in [0.15, 0.2) is 0 Å². The number of carbonyl (C=O) groups is 1. The zero-order chi connectivity index (χ0) is 9.35. The molecule has 70 valence electrons. The van der Waals surface area contributed by atoms with Crippen molar-refractivity contribution in [2.45, 2.75) is 11.7 Å². The third-order valence-electron chi connectivity index (χ3n) is 1.81. The molecule has 0 spiro atoms. The Balaban J connectivity index is 2.64. The van der Waals surface area contributed by atoms with Crippen LogP contribution in [0.2, 0.25) is 0 Å². The molecule has 0 aromatic rings. The third-order valence-corrected chi connectivity index (χ3v) is 3.75. The van der Waals surface area contributed by atoms with E-state index in [2.05, 4.69) is 0 Å². The summed E-state index contributed by atoms with van der Waals surface area (Å²) in [5.74, 6) is 0. The number of amides is 1. The molecular weight excluding hydrogens is 206 g/mol. The van der Waals surface area contributed by atoms with E-state index < -0.39 is 20.4 Å². The summed E-state index contributed by atoms with van der Waals surface area (Å²) in [4.78, 5) is 11.4. The van der Waals surface area contributed by atoms with E-state index >= 15 is 0 Å². The number of likely N-dealkylation sites (tertiary alicyclic amines) is 1. The highest BCUT2D eigenvalue weighted by atomic mass is 35.7. The number of hydrogen-bond acceptors (Lipinski definition) is 3. The van der Waals surface area contributed by atoms with Crippen LogP contribution in [0.5, 0.6) is 0 Å². The van der Waals surface area contributed by atoms with Gasteiger partial charge in [0.2, 0.25) is 9.05 Å². The van der Waals surface area contributed by atoms with E-state index in [1.54, 1.807) is 0 Å². The first-order chi connectivity index (χ1) is 5.41. The van der Waals surface area contributed by atoms with Gasteiger partial charge in [-0.15, -0.1) is 0 Å². The molecular formula is C5H8ClNO4S. The second kappa shape index (κ2) is 3.10. The molecule has 1 saturated heterocycles. The summed E-state index contributed by atoms with van der Waals surface area (Å²) in [6, 6.07) is 0. The molecule has 5 nitrogen and oxygen atoms in total. The summed E-state index contributed by atoms with van der Waals surface area (Å²) < 4.78 is 21.5. The van der Waals surface area contributed by atoms with Gasteiger partial charge in [-0.3, -0.25) is 0 Å². The number of nitrogens with zero attached hydrogens (tertiary/aromatic N) is 1. The topological polar surface area (TPSA) is 74.7 Å². The van der Waals surface area contributed by atoms with Crippen LogP contribution in [0.3, 0.4) is 0 Å². The van der Waals surface area contributed by atoms with Crippen molar-refractivity contribution in [2.75, 3.05) is 13.1 Å². The number of carboxylic acid groups (broad SMARTS) is 1. The number of hydrogen-bond donors (Lipinski definition) is 1. The molecule has 1 aliphatic rings. The largest absolute Gasteiger partial charge is 0.465 e. The van der Waals surface area contributed by atoms with Gasteiger partial charge in [-0.05, 0) is 6.42 Å². The predicted molar refractivity (Wildman–Crippen MR) is 42.8 cm³/mol. The van der Waals surface area contributed by atoms with E-state index in [-0.39, 0.29) is 19.5 Å². The van der Waals surface area contributed by atoms with Gasteiger partial charge in [0.1, 0.15) is 0 Å². The molecule has 12 heavy (non-hydrogen) atoms. The van der Waals surface area contributed by atoms with Gasteiger partial charge in [-0.2, -0.15) is 0 Å². The molecule has 1 heterocycles.